The summed E-state index contributed by atoms with van der Waals surface area (Å²) in [5, 5.41) is 20.4. The first-order valence-electron chi connectivity index (χ1n) is 8.86. The first kappa shape index (κ1) is 29.4. The fraction of sp³-hybridized carbons (Fsp3) is 0.462. The number of H-pyrrole nitrogens is 1. The van der Waals surface area contributed by atoms with Gasteiger partial charge in [0, 0.05) is 12.3 Å². The highest BCUT2D eigenvalue weighted by molar-refractivity contribution is 7.66. The average molecular weight is 568 g/mol. The lowest BCUT2D eigenvalue weighted by Gasteiger charge is -2.19. The molecule has 1 aliphatic rings. The molecular weight excluding hydrogens is 549 g/mol. The van der Waals surface area contributed by atoms with E-state index in [4.69, 9.17) is 19.4 Å². The number of aliphatic hydroxyl groups excluding tert-OH is 2. The first-order valence-corrected chi connectivity index (χ1v) is 13.4. The van der Waals surface area contributed by atoms with E-state index < -0.39 is 71.8 Å². The van der Waals surface area contributed by atoms with Gasteiger partial charge in [0.2, 0.25) is 0 Å². The number of phosphoric ester groups is 1. The lowest BCUT2D eigenvalue weighted by Crippen LogP contribution is -2.38. The Morgan fingerprint density at radius 1 is 1.11 bits per heavy atom. The summed E-state index contributed by atoms with van der Waals surface area (Å²) < 4.78 is 55.4. The number of aliphatic hydroxyl groups is 2. The molecule has 2 unspecified atom stereocenters. The molecule has 35 heavy (non-hydrogen) atoms. The van der Waals surface area contributed by atoms with E-state index in [1.54, 1.807) is 0 Å². The number of hydrogen-bond acceptors (Lipinski definition) is 13. The molecule has 0 aliphatic carbocycles. The molecule has 2 rings (SSSR count). The van der Waals surface area contributed by atoms with Crippen molar-refractivity contribution >= 4 is 35.5 Å². The monoisotopic (exact) mass is 568 g/mol. The van der Waals surface area contributed by atoms with Crippen molar-refractivity contribution in [3.05, 3.63) is 38.7 Å². The fourth-order valence-corrected chi connectivity index (χ4v) is 5.63. The Morgan fingerprint density at radius 3 is 2.31 bits per heavy atom. The highest BCUT2D eigenvalue weighted by Gasteiger charge is 2.46. The molecule has 22 heteroatoms. The molecule has 1 aromatic heterocycles. The van der Waals surface area contributed by atoms with E-state index in [0.717, 1.165) is 25.5 Å². The van der Waals surface area contributed by atoms with Gasteiger partial charge in [0.25, 0.3) is 5.56 Å². The van der Waals surface area contributed by atoms with Crippen molar-refractivity contribution in [1.82, 2.24) is 9.55 Å². The number of rotatable bonds is 10. The number of aromatic amines is 1. The molecule has 0 spiro atoms. The Hall–Kier alpha value is -1.82. The van der Waals surface area contributed by atoms with Crippen LogP contribution in [0.15, 0.2) is 21.9 Å². The molecule has 6 atom stereocenters. The number of nitrogens with one attached hydrogen (secondary N) is 1. The number of nitrogens with zero attached hydrogens (tertiary/aromatic N) is 1. The van der Waals surface area contributed by atoms with Gasteiger partial charge in [-0.15, -0.1) is 0 Å². The first-order chi connectivity index (χ1) is 15.9. The molecule has 198 valence electrons. The second-order valence-corrected chi connectivity index (χ2v) is 11.0. The minimum Gasteiger partial charge on any atom is -0.466 e. The van der Waals surface area contributed by atoms with Crippen LogP contribution in [0.25, 0.3) is 6.08 Å². The molecular formula is C13H19N2O17P3. The van der Waals surface area contributed by atoms with Gasteiger partial charge in [-0.05, 0) is 6.08 Å². The number of ether oxygens (including phenoxy) is 2. The van der Waals surface area contributed by atoms with Crippen LogP contribution in [0.4, 0.5) is 0 Å². The maximum atomic E-state index is 12.2. The minimum atomic E-state index is -5.79. The summed E-state index contributed by atoms with van der Waals surface area (Å²) in [4.78, 5) is 72.8. The van der Waals surface area contributed by atoms with Crippen molar-refractivity contribution in [3.8, 4) is 0 Å². The number of hydrogen-bond donors (Lipinski definition) is 7. The largest absolute Gasteiger partial charge is 0.490 e. The van der Waals surface area contributed by atoms with Crippen molar-refractivity contribution in [1.29, 1.82) is 0 Å². The molecule has 2 heterocycles. The van der Waals surface area contributed by atoms with E-state index in [-0.39, 0.29) is 5.56 Å². The highest BCUT2D eigenvalue weighted by atomic mass is 31.3. The third-order valence-electron chi connectivity index (χ3n) is 4.02. The van der Waals surface area contributed by atoms with Gasteiger partial charge < -0.3 is 39.3 Å². The molecule has 1 aromatic rings. The Balaban J connectivity index is 2.18. The SMILES string of the molecule is COC(=O)C=Cc1cn([C@@H]2O[C@H](COP(=O)(O)OP(=O)(O)OP(=O)(O)O)[C@@H](O)[C@H]2O)c(=O)[nH]c1=O. The lowest BCUT2D eigenvalue weighted by molar-refractivity contribution is -0.134. The van der Waals surface area contributed by atoms with Crippen LogP contribution in [-0.4, -0.2) is 77.3 Å². The summed E-state index contributed by atoms with van der Waals surface area (Å²) in [7, 11) is -15.9. The zero-order chi connectivity index (χ0) is 26.8. The summed E-state index contributed by atoms with van der Waals surface area (Å²) in [6, 6.07) is 0. The molecule has 1 fully saturated rings. The number of carbonyl (C=O) groups is 1. The predicted octanol–water partition coefficient (Wildman–Crippen LogP) is -2.31. The maximum Gasteiger partial charge on any atom is 0.490 e. The van der Waals surface area contributed by atoms with Crippen LogP contribution >= 0.6 is 23.5 Å². The highest BCUT2D eigenvalue weighted by Crippen LogP contribution is 2.66. The predicted molar refractivity (Wildman–Crippen MR) is 108 cm³/mol. The molecule has 1 saturated heterocycles. The van der Waals surface area contributed by atoms with Gasteiger partial charge in [-0.25, -0.2) is 23.3 Å². The Morgan fingerprint density at radius 2 is 1.74 bits per heavy atom. The Labute approximate surface area is 193 Å². The number of methoxy groups -OCH3 is 1. The van der Waals surface area contributed by atoms with Crippen molar-refractivity contribution in [2.24, 2.45) is 0 Å². The fourth-order valence-electron chi connectivity index (χ4n) is 2.60. The maximum absolute atomic E-state index is 12.2. The Bertz CT molecular complexity index is 1230. The van der Waals surface area contributed by atoms with Crippen molar-refractivity contribution in [3.63, 3.8) is 0 Å². The average Bonchev–Trinajstić information content (AvgIpc) is 2.97. The van der Waals surface area contributed by atoms with E-state index in [0.29, 0.717) is 4.57 Å². The third-order valence-corrected chi connectivity index (χ3v) is 7.83. The van der Waals surface area contributed by atoms with Crippen LogP contribution in [-0.2, 0) is 41.1 Å². The standard InChI is InChI=1S/C13H19N2O17P3/c1-28-8(16)3-2-6-4-15(13(20)14-11(6)19)12-10(18)9(17)7(30-12)5-29-34(24,25)32-35(26,27)31-33(21,22)23/h2-4,7,9-10,12,17-18H,5H2,1H3,(H,24,25)(H,26,27)(H,14,19,20)(H2,21,22,23)/t7-,9-,10-,12-/m1/s1. The lowest BCUT2D eigenvalue weighted by atomic mass is 10.1. The molecule has 19 nitrogen and oxygen atoms in total. The molecule has 0 amide bonds. The number of phosphoric acid groups is 3. The summed E-state index contributed by atoms with van der Waals surface area (Å²) in [6.45, 7) is -1.12. The molecule has 1 aliphatic heterocycles. The van der Waals surface area contributed by atoms with Crippen LogP contribution in [0.5, 0.6) is 0 Å². The van der Waals surface area contributed by atoms with Gasteiger partial charge >= 0.3 is 35.1 Å². The number of aromatic nitrogens is 2. The summed E-state index contributed by atoms with van der Waals surface area (Å²) in [5.41, 5.74) is -2.31. The smallest absolute Gasteiger partial charge is 0.466 e. The number of carbonyl (C=O) groups excluding carboxylic acids is 1. The topological polar surface area (TPSA) is 291 Å². The van der Waals surface area contributed by atoms with Crippen molar-refractivity contribution in [2.75, 3.05) is 13.7 Å². The number of esters is 1. The van der Waals surface area contributed by atoms with Crippen LogP contribution in [0.3, 0.4) is 0 Å². The van der Waals surface area contributed by atoms with Gasteiger partial charge in [0.1, 0.15) is 18.3 Å². The normalized spacial score (nSPS) is 26.4. The van der Waals surface area contributed by atoms with Gasteiger partial charge in [-0.3, -0.25) is 18.9 Å². The molecule has 7 N–H and O–H groups in total. The van der Waals surface area contributed by atoms with E-state index >= 15 is 0 Å². The third kappa shape index (κ3) is 8.37. The van der Waals surface area contributed by atoms with Crippen LogP contribution in [0, 0.1) is 0 Å². The van der Waals surface area contributed by atoms with Gasteiger partial charge in [0.05, 0.1) is 19.3 Å². The van der Waals surface area contributed by atoms with Gasteiger partial charge in [-0.2, -0.15) is 8.62 Å². The van der Waals surface area contributed by atoms with Gasteiger partial charge in [0.15, 0.2) is 6.23 Å². The summed E-state index contributed by atoms with van der Waals surface area (Å²) >= 11 is 0. The zero-order valence-corrected chi connectivity index (χ0v) is 19.9. The zero-order valence-electron chi connectivity index (χ0n) is 17.2. The van der Waals surface area contributed by atoms with E-state index in [1.807, 2.05) is 4.98 Å². The van der Waals surface area contributed by atoms with Crippen LogP contribution in [0.2, 0.25) is 0 Å². The van der Waals surface area contributed by atoms with Crippen LogP contribution < -0.4 is 11.2 Å². The quantitative estimate of drug-likeness (QED) is 0.0885. The van der Waals surface area contributed by atoms with Crippen molar-refractivity contribution in [2.45, 2.75) is 24.5 Å². The van der Waals surface area contributed by atoms with Crippen LogP contribution in [0.1, 0.15) is 11.8 Å². The summed E-state index contributed by atoms with van der Waals surface area (Å²) in [5.74, 6) is -0.832. The van der Waals surface area contributed by atoms with E-state index in [9.17, 15) is 43.2 Å². The van der Waals surface area contributed by atoms with E-state index in [2.05, 4.69) is 17.9 Å². The molecule has 0 bridgehead atoms. The second-order valence-electron chi connectivity index (χ2n) is 6.54. The molecule has 0 saturated carbocycles. The summed E-state index contributed by atoms with van der Waals surface area (Å²) in [6.07, 6.45) is -4.45. The Kier molecular flexibility index (Phi) is 9.30. The molecule has 0 aromatic carbocycles. The van der Waals surface area contributed by atoms with Gasteiger partial charge in [-0.1, -0.05) is 0 Å². The van der Waals surface area contributed by atoms with E-state index in [1.165, 1.54) is 0 Å². The second kappa shape index (κ2) is 11.1. The minimum absolute atomic E-state index is 0.267. The van der Waals surface area contributed by atoms with Crippen molar-refractivity contribution < 1.29 is 70.9 Å². The molecule has 0 radical (unpaired) electrons.